The number of allylic oxidation sites excluding steroid dienone is 1. The van der Waals surface area contributed by atoms with Crippen LogP contribution in [0.2, 0.25) is 0 Å². The quantitative estimate of drug-likeness (QED) is 0.614. The van der Waals surface area contributed by atoms with Gasteiger partial charge in [-0.15, -0.1) is 11.3 Å². The van der Waals surface area contributed by atoms with Crippen LogP contribution in [0, 0.1) is 0 Å². The lowest BCUT2D eigenvalue weighted by Gasteiger charge is -2.12. The smallest absolute Gasteiger partial charge is 0.331 e. The van der Waals surface area contributed by atoms with Crippen molar-refractivity contribution in [1.82, 2.24) is 0 Å². The molecule has 6 nitrogen and oxygen atoms in total. The first-order valence-electron chi connectivity index (χ1n) is 7.56. The molecule has 3 N–H and O–H groups in total. The number of hydrogen-bond donors (Lipinski definition) is 2. The number of anilines is 1. The van der Waals surface area contributed by atoms with Gasteiger partial charge in [-0.05, 0) is 38.2 Å². The number of carbonyl (C=O) groups is 3. The van der Waals surface area contributed by atoms with E-state index in [9.17, 15) is 14.4 Å². The highest BCUT2D eigenvalue weighted by molar-refractivity contribution is 7.17. The lowest BCUT2D eigenvalue weighted by Crippen LogP contribution is -2.30. The van der Waals surface area contributed by atoms with E-state index in [4.69, 9.17) is 10.5 Å². The monoisotopic (exact) mass is 336 g/mol. The minimum atomic E-state index is -0.957. The number of hydrogen-bond acceptors (Lipinski definition) is 5. The number of primary amides is 1. The maximum atomic E-state index is 12.2. The van der Waals surface area contributed by atoms with E-state index >= 15 is 0 Å². The van der Waals surface area contributed by atoms with Gasteiger partial charge in [-0.3, -0.25) is 9.59 Å². The lowest BCUT2D eigenvalue weighted by atomic mass is 10.1. The highest BCUT2D eigenvalue weighted by atomic mass is 32.1. The minimum absolute atomic E-state index is 0.389. The molecule has 0 saturated heterocycles. The number of carbonyl (C=O) groups excluding carboxylic acids is 3. The van der Waals surface area contributed by atoms with E-state index < -0.39 is 23.9 Å². The van der Waals surface area contributed by atoms with Gasteiger partial charge in [0.25, 0.3) is 11.8 Å². The molecular formula is C16H20N2O4S. The van der Waals surface area contributed by atoms with E-state index in [2.05, 4.69) is 5.32 Å². The first-order valence-corrected chi connectivity index (χ1v) is 8.38. The number of aryl methyl sites for hydroxylation is 1. The van der Waals surface area contributed by atoms with Gasteiger partial charge < -0.3 is 15.8 Å². The van der Waals surface area contributed by atoms with Gasteiger partial charge in [0.05, 0.1) is 5.56 Å². The molecule has 1 aliphatic rings. The number of esters is 1. The Hall–Kier alpha value is -2.15. The molecule has 1 heterocycles. The molecule has 1 atom stereocenters. The van der Waals surface area contributed by atoms with Gasteiger partial charge in [0, 0.05) is 11.0 Å². The molecule has 0 aromatic carbocycles. The molecule has 1 aliphatic carbocycles. The summed E-state index contributed by atoms with van der Waals surface area (Å²) in [5.74, 6) is -1.60. The van der Waals surface area contributed by atoms with Gasteiger partial charge in [-0.1, -0.05) is 13.0 Å². The fourth-order valence-electron chi connectivity index (χ4n) is 2.45. The first-order chi connectivity index (χ1) is 10.9. The fourth-order valence-corrected chi connectivity index (χ4v) is 3.75. The summed E-state index contributed by atoms with van der Waals surface area (Å²) in [7, 11) is 0. The van der Waals surface area contributed by atoms with Crippen LogP contribution in [0.25, 0.3) is 0 Å². The summed E-state index contributed by atoms with van der Waals surface area (Å²) in [6, 6.07) is 0. The third-order valence-electron chi connectivity index (χ3n) is 3.56. The molecule has 23 heavy (non-hydrogen) atoms. The van der Waals surface area contributed by atoms with Gasteiger partial charge in [-0.25, -0.2) is 4.79 Å². The summed E-state index contributed by atoms with van der Waals surface area (Å²) in [5, 5.41) is 3.10. The van der Waals surface area contributed by atoms with E-state index in [1.165, 1.54) is 24.3 Å². The standard InChI is InChI=1S/C16H20N2O4S/c1-3-4-8-12(19)22-9(2)15(21)18-16-13(14(17)20)10-6-5-7-11(10)23-16/h4,8-9H,3,5-7H2,1-2H3,(H2,17,20)(H,18,21)/b8-4+/t9-/m0/s1. The number of nitrogens with one attached hydrogen (secondary N) is 1. The zero-order valence-electron chi connectivity index (χ0n) is 13.2. The lowest BCUT2D eigenvalue weighted by molar-refractivity contribution is -0.148. The van der Waals surface area contributed by atoms with Crippen LogP contribution in [0.5, 0.6) is 0 Å². The molecule has 0 fully saturated rings. The Morgan fingerprint density at radius 2 is 2.13 bits per heavy atom. The second kappa shape index (κ2) is 7.41. The van der Waals surface area contributed by atoms with E-state index in [1.54, 1.807) is 6.08 Å². The third-order valence-corrected chi connectivity index (χ3v) is 4.76. The number of thiophene rings is 1. The number of amides is 2. The van der Waals surface area contributed by atoms with Gasteiger partial charge in [0.1, 0.15) is 5.00 Å². The highest BCUT2D eigenvalue weighted by Gasteiger charge is 2.27. The predicted octanol–water partition coefficient (Wildman–Crippen LogP) is 2.17. The van der Waals surface area contributed by atoms with Crippen molar-refractivity contribution in [2.24, 2.45) is 5.73 Å². The van der Waals surface area contributed by atoms with E-state index in [-0.39, 0.29) is 0 Å². The van der Waals surface area contributed by atoms with E-state index in [0.29, 0.717) is 17.0 Å². The average molecular weight is 336 g/mol. The van der Waals surface area contributed by atoms with Gasteiger partial charge in [-0.2, -0.15) is 0 Å². The zero-order chi connectivity index (χ0) is 17.0. The van der Waals surface area contributed by atoms with Crippen LogP contribution in [-0.2, 0) is 27.2 Å². The number of rotatable bonds is 6. The molecule has 2 rings (SSSR count). The Morgan fingerprint density at radius 3 is 2.78 bits per heavy atom. The highest BCUT2D eigenvalue weighted by Crippen LogP contribution is 2.38. The van der Waals surface area contributed by atoms with Crippen LogP contribution in [0.15, 0.2) is 12.2 Å². The molecular weight excluding hydrogens is 316 g/mol. The molecule has 1 aromatic rings. The van der Waals surface area contributed by atoms with Crippen LogP contribution in [0.1, 0.15) is 47.5 Å². The van der Waals surface area contributed by atoms with Crippen molar-refractivity contribution in [2.45, 2.75) is 45.6 Å². The van der Waals surface area contributed by atoms with Crippen LogP contribution in [0.3, 0.4) is 0 Å². The maximum absolute atomic E-state index is 12.2. The van der Waals surface area contributed by atoms with Crippen molar-refractivity contribution in [3.05, 3.63) is 28.2 Å². The zero-order valence-corrected chi connectivity index (χ0v) is 14.0. The molecule has 1 aromatic heterocycles. The topological polar surface area (TPSA) is 98.5 Å². The second-order valence-electron chi connectivity index (χ2n) is 5.30. The van der Waals surface area contributed by atoms with Crippen LogP contribution in [0.4, 0.5) is 5.00 Å². The van der Waals surface area contributed by atoms with Crippen molar-refractivity contribution < 1.29 is 19.1 Å². The third kappa shape index (κ3) is 3.98. The molecule has 0 radical (unpaired) electrons. The van der Waals surface area contributed by atoms with Crippen LogP contribution in [-0.4, -0.2) is 23.9 Å². The molecule has 0 bridgehead atoms. The summed E-state index contributed by atoms with van der Waals surface area (Å²) < 4.78 is 5.01. The van der Waals surface area contributed by atoms with Gasteiger partial charge >= 0.3 is 5.97 Å². The van der Waals surface area contributed by atoms with Crippen molar-refractivity contribution >= 4 is 34.1 Å². The Bertz CT molecular complexity index is 663. The number of fused-ring (bicyclic) bond motifs is 1. The summed E-state index contributed by atoms with van der Waals surface area (Å²) in [5.41, 5.74) is 6.77. The van der Waals surface area contributed by atoms with Gasteiger partial charge in [0.15, 0.2) is 6.10 Å². The van der Waals surface area contributed by atoms with E-state index in [0.717, 1.165) is 29.7 Å². The summed E-state index contributed by atoms with van der Waals surface area (Å²) in [6.07, 6.45) is 5.38. The summed E-state index contributed by atoms with van der Waals surface area (Å²) in [6.45, 7) is 3.37. The number of ether oxygens (including phenoxy) is 1. The van der Waals surface area contributed by atoms with Crippen molar-refractivity contribution in [2.75, 3.05) is 5.32 Å². The molecule has 0 unspecified atom stereocenters. The Morgan fingerprint density at radius 1 is 1.39 bits per heavy atom. The normalized spacial score (nSPS) is 14.5. The largest absolute Gasteiger partial charge is 0.449 e. The van der Waals surface area contributed by atoms with Gasteiger partial charge in [0.2, 0.25) is 0 Å². The van der Waals surface area contributed by atoms with E-state index in [1.807, 2.05) is 6.92 Å². The number of nitrogens with two attached hydrogens (primary N) is 1. The SMILES string of the molecule is CC/C=C/C(=O)O[C@@H](C)C(=O)Nc1sc2c(c1C(N)=O)CCC2. The summed E-state index contributed by atoms with van der Waals surface area (Å²) in [4.78, 5) is 36.4. The predicted molar refractivity (Wildman–Crippen MR) is 88.5 cm³/mol. The molecule has 2 amide bonds. The van der Waals surface area contributed by atoms with Crippen molar-refractivity contribution in [3.63, 3.8) is 0 Å². The van der Waals surface area contributed by atoms with Crippen LogP contribution < -0.4 is 11.1 Å². The van der Waals surface area contributed by atoms with Crippen molar-refractivity contribution in [3.8, 4) is 0 Å². The average Bonchev–Trinajstić information content (AvgIpc) is 3.04. The second-order valence-corrected chi connectivity index (χ2v) is 6.41. The molecule has 0 saturated carbocycles. The van der Waals surface area contributed by atoms with Crippen LogP contribution >= 0.6 is 11.3 Å². The molecule has 0 aliphatic heterocycles. The fraction of sp³-hybridized carbons (Fsp3) is 0.438. The minimum Gasteiger partial charge on any atom is -0.449 e. The summed E-state index contributed by atoms with van der Waals surface area (Å²) >= 11 is 1.37. The molecule has 7 heteroatoms. The maximum Gasteiger partial charge on any atom is 0.331 e. The Kier molecular flexibility index (Phi) is 5.54. The van der Waals surface area contributed by atoms with Crippen molar-refractivity contribution in [1.29, 1.82) is 0 Å². The molecule has 0 spiro atoms. The Balaban J connectivity index is 2.07. The Labute approximate surface area is 138 Å². The molecule has 124 valence electrons. The first kappa shape index (κ1) is 17.2.